The zero-order valence-corrected chi connectivity index (χ0v) is 10.1. The summed E-state index contributed by atoms with van der Waals surface area (Å²) >= 11 is 0. The van der Waals surface area contributed by atoms with Crippen molar-refractivity contribution in [1.82, 2.24) is 5.32 Å². The fourth-order valence-corrected chi connectivity index (χ4v) is 2.03. The second-order valence-electron chi connectivity index (χ2n) is 5.07. The Morgan fingerprint density at radius 2 is 1.81 bits per heavy atom. The van der Waals surface area contributed by atoms with Gasteiger partial charge in [-0.25, -0.2) is 0 Å². The molecule has 2 atom stereocenters. The van der Waals surface area contributed by atoms with Gasteiger partial charge in [-0.1, -0.05) is 44.2 Å². The topological polar surface area (TPSA) is 32.3 Å². The average Bonchev–Trinajstić information content (AvgIpc) is 3.09. The van der Waals surface area contributed by atoms with Gasteiger partial charge in [-0.2, -0.15) is 0 Å². The molecule has 0 radical (unpaired) electrons. The lowest BCUT2D eigenvalue weighted by Gasteiger charge is -2.28. The van der Waals surface area contributed by atoms with Crippen LogP contribution in [0.5, 0.6) is 0 Å². The normalized spacial score (nSPS) is 19.8. The van der Waals surface area contributed by atoms with Crippen LogP contribution < -0.4 is 5.32 Å². The molecule has 1 fully saturated rings. The molecule has 0 spiro atoms. The van der Waals surface area contributed by atoms with E-state index in [2.05, 4.69) is 19.2 Å². The molecule has 1 saturated carbocycles. The van der Waals surface area contributed by atoms with Gasteiger partial charge in [0.05, 0.1) is 6.10 Å². The molecule has 2 unspecified atom stereocenters. The lowest BCUT2D eigenvalue weighted by molar-refractivity contribution is 0.104. The smallest absolute Gasteiger partial charge is 0.0945 e. The molecule has 0 heterocycles. The molecule has 1 aliphatic carbocycles. The van der Waals surface area contributed by atoms with Crippen molar-refractivity contribution in [2.24, 2.45) is 5.92 Å². The van der Waals surface area contributed by atoms with Gasteiger partial charge in [-0.3, -0.25) is 0 Å². The van der Waals surface area contributed by atoms with Crippen molar-refractivity contribution in [3.63, 3.8) is 0 Å². The van der Waals surface area contributed by atoms with E-state index >= 15 is 0 Å². The molecular weight excluding hydrogens is 198 g/mol. The SMILES string of the molecule is CC(C)C(NC1CC1)C(O)c1ccccc1. The molecule has 0 aliphatic heterocycles. The maximum atomic E-state index is 10.4. The minimum atomic E-state index is -0.401. The Morgan fingerprint density at radius 1 is 1.19 bits per heavy atom. The first-order valence-corrected chi connectivity index (χ1v) is 6.17. The van der Waals surface area contributed by atoms with Crippen molar-refractivity contribution >= 4 is 0 Å². The summed E-state index contributed by atoms with van der Waals surface area (Å²) in [6, 6.07) is 10.7. The highest BCUT2D eigenvalue weighted by Gasteiger charge is 2.30. The molecule has 2 N–H and O–H groups in total. The second-order valence-corrected chi connectivity index (χ2v) is 5.07. The van der Waals surface area contributed by atoms with Gasteiger partial charge < -0.3 is 10.4 Å². The molecule has 0 aromatic heterocycles. The van der Waals surface area contributed by atoms with Gasteiger partial charge in [-0.15, -0.1) is 0 Å². The zero-order chi connectivity index (χ0) is 11.5. The number of benzene rings is 1. The summed E-state index contributed by atoms with van der Waals surface area (Å²) in [5, 5.41) is 13.9. The van der Waals surface area contributed by atoms with Gasteiger partial charge in [0.1, 0.15) is 0 Å². The maximum absolute atomic E-state index is 10.4. The second kappa shape index (κ2) is 4.98. The summed E-state index contributed by atoms with van der Waals surface area (Å²) in [5.41, 5.74) is 1.01. The molecule has 1 aliphatic rings. The third-order valence-corrected chi connectivity index (χ3v) is 3.20. The number of aliphatic hydroxyl groups excluding tert-OH is 1. The van der Waals surface area contributed by atoms with E-state index in [1.54, 1.807) is 0 Å². The van der Waals surface area contributed by atoms with Crippen LogP contribution >= 0.6 is 0 Å². The van der Waals surface area contributed by atoms with Crippen molar-refractivity contribution in [2.45, 2.75) is 44.9 Å². The lowest BCUT2D eigenvalue weighted by Crippen LogP contribution is -2.40. The molecular formula is C14H21NO. The number of hydrogen-bond acceptors (Lipinski definition) is 2. The van der Waals surface area contributed by atoms with E-state index < -0.39 is 6.10 Å². The van der Waals surface area contributed by atoms with E-state index in [9.17, 15) is 5.11 Å². The summed E-state index contributed by atoms with van der Waals surface area (Å²) in [5.74, 6) is 0.441. The first-order valence-electron chi connectivity index (χ1n) is 6.17. The van der Waals surface area contributed by atoms with E-state index in [-0.39, 0.29) is 6.04 Å². The highest BCUT2D eigenvalue weighted by Crippen LogP contribution is 2.27. The molecule has 0 bridgehead atoms. The van der Waals surface area contributed by atoms with E-state index in [0.717, 1.165) is 5.56 Å². The quantitative estimate of drug-likeness (QED) is 0.797. The minimum absolute atomic E-state index is 0.162. The Bertz CT molecular complexity index is 319. The number of nitrogens with one attached hydrogen (secondary N) is 1. The van der Waals surface area contributed by atoms with E-state index in [0.29, 0.717) is 12.0 Å². The van der Waals surface area contributed by atoms with Crippen LogP contribution in [0.4, 0.5) is 0 Å². The summed E-state index contributed by atoms with van der Waals surface area (Å²) in [6.07, 6.45) is 2.11. The van der Waals surface area contributed by atoms with Crippen molar-refractivity contribution in [3.8, 4) is 0 Å². The molecule has 2 heteroatoms. The third kappa shape index (κ3) is 2.83. The van der Waals surface area contributed by atoms with Crippen molar-refractivity contribution in [2.75, 3.05) is 0 Å². The molecule has 1 aromatic carbocycles. The first-order chi connectivity index (χ1) is 7.68. The van der Waals surface area contributed by atoms with Crippen LogP contribution in [0.25, 0.3) is 0 Å². The fourth-order valence-electron chi connectivity index (χ4n) is 2.03. The first kappa shape index (κ1) is 11.6. The number of hydrogen-bond donors (Lipinski definition) is 2. The van der Waals surface area contributed by atoms with Gasteiger partial charge in [0.25, 0.3) is 0 Å². The number of rotatable bonds is 5. The third-order valence-electron chi connectivity index (χ3n) is 3.20. The van der Waals surface area contributed by atoms with E-state index in [1.165, 1.54) is 12.8 Å². The largest absolute Gasteiger partial charge is 0.387 e. The minimum Gasteiger partial charge on any atom is -0.387 e. The van der Waals surface area contributed by atoms with Crippen LogP contribution in [0.15, 0.2) is 30.3 Å². The fraction of sp³-hybridized carbons (Fsp3) is 0.571. The summed E-state index contributed by atoms with van der Waals surface area (Å²) in [7, 11) is 0. The standard InChI is InChI=1S/C14H21NO/c1-10(2)13(15-12-8-9-12)14(16)11-6-4-3-5-7-11/h3-7,10,12-16H,8-9H2,1-2H3. The van der Waals surface area contributed by atoms with Crippen LogP contribution in [0.1, 0.15) is 38.4 Å². The van der Waals surface area contributed by atoms with Crippen LogP contribution in [-0.2, 0) is 0 Å². The molecule has 16 heavy (non-hydrogen) atoms. The molecule has 1 aromatic rings. The molecule has 2 rings (SSSR count). The summed E-state index contributed by atoms with van der Waals surface area (Å²) < 4.78 is 0. The van der Waals surface area contributed by atoms with Gasteiger partial charge in [0, 0.05) is 12.1 Å². The highest BCUT2D eigenvalue weighted by molar-refractivity contribution is 5.19. The Kier molecular flexibility index (Phi) is 3.62. The Morgan fingerprint density at radius 3 is 2.31 bits per heavy atom. The summed E-state index contributed by atoms with van der Waals surface area (Å²) in [6.45, 7) is 4.32. The van der Waals surface area contributed by atoms with Gasteiger partial charge in [-0.05, 0) is 24.3 Å². The Balaban J connectivity index is 2.06. The van der Waals surface area contributed by atoms with Gasteiger partial charge in [0.15, 0.2) is 0 Å². The Hall–Kier alpha value is -0.860. The Labute approximate surface area is 97.7 Å². The van der Waals surface area contributed by atoms with Crippen LogP contribution in [0.2, 0.25) is 0 Å². The molecule has 88 valence electrons. The van der Waals surface area contributed by atoms with Crippen LogP contribution in [0.3, 0.4) is 0 Å². The number of aliphatic hydroxyl groups is 1. The highest BCUT2D eigenvalue weighted by atomic mass is 16.3. The molecule has 0 amide bonds. The van der Waals surface area contributed by atoms with Gasteiger partial charge in [0.2, 0.25) is 0 Å². The molecule has 2 nitrogen and oxygen atoms in total. The van der Waals surface area contributed by atoms with E-state index in [4.69, 9.17) is 0 Å². The van der Waals surface area contributed by atoms with Crippen molar-refractivity contribution in [3.05, 3.63) is 35.9 Å². The average molecular weight is 219 g/mol. The van der Waals surface area contributed by atoms with Crippen LogP contribution in [-0.4, -0.2) is 17.2 Å². The summed E-state index contributed by atoms with van der Waals surface area (Å²) in [4.78, 5) is 0. The predicted molar refractivity (Wildman–Crippen MR) is 66.2 cm³/mol. The van der Waals surface area contributed by atoms with Gasteiger partial charge >= 0.3 is 0 Å². The maximum Gasteiger partial charge on any atom is 0.0945 e. The molecule has 0 saturated heterocycles. The van der Waals surface area contributed by atoms with Crippen molar-refractivity contribution < 1.29 is 5.11 Å². The van der Waals surface area contributed by atoms with Crippen molar-refractivity contribution in [1.29, 1.82) is 0 Å². The monoisotopic (exact) mass is 219 g/mol. The van der Waals surface area contributed by atoms with E-state index in [1.807, 2.05) is 30.3 Å². The lowest BCUT2D eigenvalue weighted by atomic mass is 9.93. The van der Waals surface area contributed by atoms with Crippen LogP contribution in [0, 0.1) is 5.92 Å². The zero-order valence-electron chi connectivity index (χ0n) is 10.1. The predicted octanol–water partition coefficient (Wildman–Crippen LogP) is 2.50.